The molecule has 1 atom stereocenters. The molecular formula is C10H16N4O2S. The Morgan fingerprint density at radius 2 is 2.29 bits per heavy atom. The van der Waals surface area contributed by atoms with E-state index < -0.39 is 16.7 Å². The van der Waals surface area contributed by atoms with Crippen LogP contribution in [0.25, 0.3) is 0 Å². The molecule has 0 radical (unpaired) electrons. The van der Waals surface area contributed by atoms with Crippen molar-refractivity contribution >= 4 is 28.2 Å². The van der Waals surface area contributed by atoms with Gasteiger partial charge < -0.3 is 16.8 Å². The predicted octanol–water partition coefficient (Wildman–Crippen LogP) is -0.0568. The molecule has 0 aliphatic rings. The van der Waals surface area contributed by atoms with Gasteiger partial charge in [0.25, 0.3) is 5.91 Å². The molecule has 0 aliphatic heterocycles. The largest absolute Gasteiger partial charge is 0.397 e. The molecule has 1 aromatic heterocycles. The summed E-state index contributed by atoms with van der Waals surface area (Å²) in [4.78, 5) is 15.1. The number of nitrogens with one attached hydrogen (secondary N) is 1. The summed E-state index contributed by atoms with van der Waals surface area (Å²) in [5.74, 6) is 0.586. The van der Waals surface area contributed by atoms with Gasteiger partial charge in [-0.3, -0.25) is 9.00 Å². The molecular weight excluding hydrogens is 240 g/mol. The van der Waals surface area contributed by atoms with E-state index in [0.29, 0.717) is 18.1 Å². The van der Waals surface area contributed by atoms with Crippen LogP contribution in [0.3, 0.4) is 0 Å². The van der Waals surface area contributed by atoms with Gasteiger partial charge in [-0.15, -0.1) is 0 Å². The van der Waals surface area contributed by atoms with Gasteiger partial charge in [0.1, 0.15) is 5.82 Å². The second-order valence-corrected chi connectivity index (χ2v) is 5.13. The third-order valence-corrected chi connectivity index (χ3v) is 2.98. The number of nitrogen functional groups attached to an aromatic ring is 1. The molecule has 94 valence electrons. The van der Waals surface area contributed by atoms with Crippen LogP contribution in [0.4, 0.5) is 11.5 Å². The van der Waals surface area contributed by atoms with E-state index in [4.69, 9.17) is 11.5 Å². The molecule has 7 heteroatoms. The SMILES string of the molecule is CS(=O)CCCNc1cc(C(N)=O)c(N)cn1. The summed E-state index contributed by atoms with van der Waals surface area (Å²) < 4.78 is 10.8. The van der Waals surface area contributed by atoms with Crippen LogP contribution >= 0.6 is 0 Å². The molecule has 6 nitrogen and oxygen atoms in total. The fourth-order valence-electron chi connectivity index (χ4n) is 1.27. The Morgan fingerprint density at radius 1 is 1.59 bits per heavy atom. The van der Waals surface area contributed by atoms with Crippen LogP contribution < -0.4 is 16.8 Å². The molecule has 0 saturated heterocycles. The molecule has 0 saturated carbocycles. The molecule has 0 spiro atoms. The number of rotatable bonds is 6. The summed E-state index contributed by atoms with van der Waals surface area (Å²) in [6.07, 6.45) is 3.81. The lowest BCUT2D eigenvalue weighted by atomic mass is 10.2. The van der Waals surface area contributed by atoms with Crippen molar-refractivity contribution in [2.24, 2.45) is 5.73 Å². The topological polar surface area (TPSA) is 111 Å². The van der Waals surface area contributed by atoms with Gasteiger partial charge in [-0.25, -0.2) is 4.98 Å². The minimum absolute atomic E-state index is 0.251. The van der Waals surface area contributed by atoms with Crippen molar-refractivity contribution in [1.29, 1.82) is 0 Å². The second-order valence-electron chi connectivity index (χ2n) is 3.58. The van der Waals surface area contributed by atoms with Crippen LogP contribution in [-0.2, 0) is 10.8 Å². The highest BCUT2D eigenvalue weighted by Crippen LogP contribution is 2.13. The number of hydrogen-bond donors (Lipinski definition) is 3. The highest BCUT2D eigenvalue weighted by Gasteiger charge is 2.07. The first-order valence-corrected chi connectivity index (χ1v) is 6.82. The lowest BCUT2D eigenvalue weighted by Gasteiger charge is -2.07. The molecule has 1 aromatic rings. The average molecular weight is 256 g/mol. The van der Waals surface area contributed by atoms with E-state index in [1.807, 2.05) is 0 Å². The van der Waals surface area contributed by atoms with E-state index in [0.717, 1.165) is 6.42 Å². The normalized spacial score (nSPS) is 12.1. The van der Waals surface area contributed by atoms with Crippen LogP contribution in [0.15, 0.2) is 12.3 Å². The zero-order chi connectivity index (χ0) is 12.8. The molecule has 1 heterocycles. The van der Waals surface area contributed by atoms with Gasteiger partial charge in [0.15, 0.2) is 0 Å². The number of nitrogens with zero attached hydrogens (tertiary/aromatic N) is 1. The quantitative estimate of drug-likeness (QED) is 0.618. The first kappa shape index (κ1) is 13.4. The Labute approximate surface area is 102 Å². The molecule has 1 amide bonds. The van der Waals surface area contributed by atoms with Crippen molar-refractivity contribution in [3.63, 3.8) is 0 Å². The summed E-state index contributed by atoms with van der Waals surface area (Å²) >= 11 is 0. The Kier molecular flexibility index (Phi) is 4.89. The molecule has 17 heavy (non-hydrogen) atoms. The molecule has 1 rings (SSSR count). The highest BCUT2D eigenvalue weighted by atomic mass is 32.2. The Balaban J connectivity index is 2.57. The van der Waals surface area contributed by atoms with Gasteiger partial charge in [0, 0.05) is 29.4 Å². The van der Waals surface area contributed by atoms with Gasteiger partial charge in [-0.05, 0) is 12.5 Å². The molecule has 0 fully saturated rings. The van der Waals surface area contributed by atoms with Crippen molar-refractivity contribution in [3.05, 3.63) is 17.8 Å². The smallest absolute Gasteiger partial charge is 0.250 e. The maximum Gasteiger partial charge on any atom is 0.250 e. The van der Waals surface area contributed by atoms with Crippen LogP contribution in [0, 0.1) is 0 Å². The predicted molar refractivity (Wildman–Crippen MR) is 69.2 cm³/mol. The second kappa shape index (κ2) is 6.19. The lowest BCUT2D eigenvalue weighted by Crippen LogP contribution is -2.15. The summed E-state index contributed by atoms with van der Waals surface area (Å²) in [6, 6.07) is 1.51. The van der Waals surface area contributed by atoms with E-state index in [1.54, 1.807) is 6.26 Å². The number of primary amides is 1. The lowest BCUT2D eigenvalue weighted by molar-refractivity contribution is 0.100. The maximum atomic E-state index is 11.0. The van der Waals surface area contributed by atoms with Crippen molar-refractivity contribution in [2.75, 3.05) is 29.6 Å². The zero-order valence-corrected chi connectivity index (χ0v) is 10.4. The van der Waals surface area contributed by atoms with Crippen LogP contribution in [0.5, 0.6) is 0 Å². The van der Waals surface area contributed by atoms with E-state index in [1.165, 1.54) is 12.3 Å². The van der Waals surface area contributed by atoms with Crippen LogP contribution in [0.1, 0.15) is 16.8 Å². The van der Waals surface area contributed by atoms with Crippen molar-refractivity contribution in [2.45, 2.75) is 6.42 Å². The molecule has 1 unspecified atom stereocenters. The fraction of sp³-hybridized carbons (Fsp3) is 0.400. The standard InChI is InChI=1S/C10H16N4O2S/c1-17(16)4-2-3-13-9-5-7(10(12)15)8(11)6-14-9/h5-6H,2-4,11H2,1H3,(H2,12,15)(H,13,14). The first-order valence-electron chi connectivity index (χ1n) is 5.10. The van der Waals surface area contributed by atoms with E-state index >= 15 is 0 Å². The Bertz CT molecular complexity index is 436. The third-order valence-electron chi connectivity index (χ3n) is 2.11. The van der Waals surface area contributed by atoms with Crippen molar-refractivity contribution in [3.8, 4) is 0 Å². The number of pyridine rings is 1. The van der Waals surface area contributed by atoms with Crippen LogP contribution in [-0.4, -0.2) is 33.7 Å². The molecule has 0 aliphatic carbocycles. The Morgan fingerprint density at radius 3 is 2.88 bits per heavy atom. The summed E-state index contributed by atoms with van der Waals surface area (Å²) in [5, 5.41) is 3.01. The van der Waals surface area contributed by atoms with E-state index in [9.17, 15) is 9.00 Å². The fourth-order valence-corrected chi connectivity index (χ4v) is 1.82. The Hall–Kier alpha value is -1.63. The molecule has 5 N–H and O–H groups in total. The zero-order valence-electron chi connectivity index (χ0n) is 9.60. The van der Waals surface area contributed by atoms with Gasteiger partial charge in [0.05, 0.1) is 17.4 Å². The summed E-state index contributed by atoms with van der Waals surface area (Å²) in [7, 11) is -0.793. The number of anilines is 2. The van der Waals surface area contributed by atoms with Crippen LogP contribution in [0.2, 0.25) is 0 Å². The molecule has 0 bridgehead atoms. The number of hydrogen-bond acceptors (Lipinski definition) is 5. The monoisotopic (exact) mass is 256 g/mol. The number of carbonyl (C=O) groups excluding carboxylic acids is 1. The van der Waals surface area contributed by atoms with E-state index in [2.05, 4.69) is 10.3 Å². The van der Waals surface area contributed by atoms with Crippen molar-refractivity contribution < 1.29 is 9.00 Å². The van der Waals surface area contributed by atoms with Gasteiger partial charge in [0.2, 0.25) is 0 Å². The highest BCUT2D eigenvalue weighted by molar-refractivity contribution is 7.84. The van der Waals surface area contributed by atoms with Gasteiger partial charge >= 0.3 is 0 Å². The molecule has 0 aromatic carbocycles. The van der Waals surface area contributed by atoms with Crippen molar-refractivity contribution in [1.82, 2.24) is 4.98 Å². The average Bonchev–Trinajstić information content (AvgIpc) is 2.25. The minimum atomic E-state index is -0.793. The number of nitrogens with two attached hydrogens (primary N) is 2. The summed E-state index contributed by atoms with van der Waals surface area (Å²) in [6.45, 7) is 0.634. The third kappa shape index (κ3) is 4.39. The number of amides is 1. The minimum Gasteiger partial charge on any atom is -0.397 e. The maximum absolute atomic E-state index is 11.0. The number of carbonyl (C=O) groups is 1. The summed E-state index contributed by atoms with van der Waals surface area (Å²) in [5.41, 5.74) is 11.2. The van der Waals surface area contributed by atoms with Gasteiger partial charge in [-0.1, -0.05) is 0 Å². The van der Waals surface area contributed by atoms with Gasteiger partial charge in [-0.2, -0.15) is 0 Å². The number of aromatic nitrogens is 1. The first-order chi connectivity index (χ1) is 8.00. The van der Waals surface area contributed by atoms with E-state index in [-0.39, 0.29) is 11.3 Å².